The SMILES string of the molecule is C/C=C(/c1ccccn1)c1c(C)ncnc1N1CCN(C(=O)OC(C)(C)C)CC1C.CCCc1cccc(Cl)c1C. The van der Waals surface area contributed by atoms with E-state index in [1.807, 2.05) is 65.0 Å². The number of carbonyl (C=O) groups excluding carboxylic acids is 1. The Labute approximate surface area is 250 Å². The highest BCUT2D eigenvalue weighted by atomic mass is 35.5. The molecule has 0 aliphatic carbocycles. The van der Waals surface area contributed by atoms with Gasteiger partial charge in [0.05, 0.1) is 11.4 Å². The molecule has 220 valence electrons. The number of rotatable bonds is 5. The maximum Gasteiger partial charge on any atom is 0.410 e. The number of aryl methyl sites for hydroxylation is 2. The van der Waals surface area contributed by atoms with Gasteiger partial charge in [-0.1, -0.05) is 49.2 Å². The van der Waals surface area contributed by atoms with Gasteiger partial charge in [0.15, 0.2) is 0 Å². The van der Waals surface area contributed by atoms with Gasteiger partial charge in [-0.3, -0.25) is 4.98 Å². The first-order valence-electron chi connectivity index (χ1n) is 14.3. The fraction of sp³-hybridized carbons (Fsp3) is 0.455. The van der Waals surface area contributed by atoms with E-state index in [1.54, 1.807) is 17.4 Å². The molecule has 1 amide bonds. The molecule has 1 atom stereocenters. The number of amides is 1. The van der Waals surface area contributed by atoms with Gasteiger partial charge in [-0.25, -0.2) is 14.8 Å². The standard InChI is InChI=1S/C23H31N5O2.C10H13Cl/c1-7-18(19-10-8-9-11-24-19)20-17(3)25-15-26-21(20)28-13-12-27(14-16(28)2)22(29)30-23(4,5)6;1-3-5-9-6-4-7-10(11)8(9)2/h7-11,15-16H,12-14H2,1-6H3;4,6-7H,3,5H2,1-2H3/b18-7-;. The molecule has 0 saturated carbocycles. The summed E-state index contributed by atoms with van der Waals surface area (Å²) in [6.45, 7) is 17.8. The molecule has 3 heterocycles. The molecule has 0 N–H and O–H groups in total. The Bertz CT molecular complexity index is 1340. The van der Waals surface area contributed by atoms with Crippen LogP contribution >= 0.6 is 11.6 Å². The van der Waals surface area contributed by atoms with Crippen LogP contribution in [0.2, 0.25) is 5.02 Å². The minimum Gasteiger partial charge on any atom is -0.444 e. The lowest BCUT2D eigenvalue weighted by Crippen LogP contribution is -2.55. The molecular formula is C33H44ClN5O2. The van der Waals surface area contributed by atoms with E-state index in [1.165, 1.54) is 17.5 Å². The van der Waals surface area contributed by atoms with Crippen LogP contribution in [-0.2, 0) is 11.2 Å². The molecule has 41 heavy (non-hydrogen) atoms. The van der Waals surface area contributed by atoms with Crippen LogP contribution in [0.3, 0.4) is 0 Å². The number of ether oxygens (including phenoxy) is 1. The Hall–Kier alpha value is -3.45. The lowest BCUT2D eigenvalue weighted by molar-refractivity contribution is 0.0218. The minimum atomic E-state index is -0.502. The van der Waals surface area contributed by atoms with Crippen LogP contribution in [0.5, 0.6) is 0 Å². The number of halogens is 1. The highest BCUT2D eigenvalue weighted by molar-refractivity contribution is 6.31. The number of aromatic nitrogens is 3. The lowest BCUT2D eigenvalue weighted by atomic mass is 9.99. The number of allylic oxidation sites excluding steroid dienone is 1. The van der Waals surface area contributed by atoms with E-state index < -0.39 is 5.60 Å². The third kappa shape index (κ3) is 8.52. The second-order valence-corrected chi connectivity index (χ2v) is 11.7. The molecule has 0 radical (unpaired) electrons. The monoisotopic (exact) mass is 577 g/mol. The summed E-state index contributed by atoms with van der Waals surface area (Å²) in [5.74, 6) is 0.873. The maximum atomic E-state index is 12.5. The average Bonchev–Trinajstić information content (AvgIpc) is 2.93. The van der Waals surface area contributed by atoms with Crippen molar-refractivity contribution in [2.45, 2.75) is 79.9 Å². The Balaban J connectivity index is 0.000000352. The zero-order chi connectivity index (χ0) is 30.2. The van der Waals surface area contributed by atoms with Gasteiger partial charge in [-0.15, -0.1) is 0 Å². The van der Waals surface area contributed by atoms with E-state index in [-0.39, 0.29) is 12.1 Å². The number of piperazine rings is 1. The van der Waals surface area contributed by atoms with Crippen molar-refractivity contribution in [2.75, 3.05) is 24.5 Å². The Morgan fingerprint density at radius 2 is 1.85 bits per heavy atom. The average molecular weight is 578 g/mol. The van der Waals surface area contributed by atoms with Crippen molar-refractivity contribution in [3.05, 3.63) is 88.1 Å². The number of benzene rings is 1. The number of pyridine rings is 1. The quantitative estimate of drug-likeness (QED) is 0.310. The maximum absolute atomic E-state index is 12.5. The molecule has 3 aromatic rings. The fourth-order valence-corrected chi connectivity index (χ4v) is 5.09. The zero-order valence-corrected chi connectivity index (χ0v) is 26.5. The van der Waals surface area contributed by atoms with E-state index in [2.05, 4.69) is 52.8 Å². The molecule has 2 aromatic heterocycles. The van der Waals surface area contributed by atoms with Crippen LogP contribution in [0.1, 0.15) is 76.0 Å². The third-order valence-electron chi connectivity index (χ3n) is 6.97. The van der Waals surface area contributed by atoms with E-state index in [4.69, 9.17) is 16.3 Å². The van der Waals surface area contributed by atoms with Crippen LogP contribution in [0.4, 0.5) is 10.6 Å². The zero-order valence-electron chi connectivity index (χ0n) is 25.7. The van der Waals surface area contributed by atoms with Gasteiger partial charge < -0.3 is 14.5 Å². The van der Waals surface area contributed by atoms with Crippen LogP contribution < -0.4 is 4.90 Å². The van der Waals surface area contributed by atoms with Crippen molar-refractivity contribution in [3.63, 3.8) is 0 Å². The normalized spacial score (nSPS) is 15.7. The van der Waals surface area contributed by atoms with E-state index >= 15 is 0 Å². The first-order chi connectivity index (χ1) is 19.5. The molecule has 1 aromatic carbocycles. The molecule has 1 unspecified atom stereocenters. The summed E-state index contributed by atoms with van der Waals surface area (Å²) in [6.07, 6.45) is 7.50. The molecule has 1 fully saturated rings. The van der Waals surface area contributed by atoms with E-state index in [9.17, 15) is 4.79 Å². The molecule has 1 aliphatic heterocycles. The van der Waals surface area contributed by atoms with Crippen LogP contribution in [0.15, 0.2) is 55.0 Å². The van der Waals surface area contributed by atoms with Crippen molar-refractivity contribution in [1.29, 1.82) is 0 Å². The summed E-state index contributed by atoms with van der Waals surface area (Å²) in [5, 5.41) is 0.885. The first-order valence-corrected chi connectivity index (χ1v) is 14.7. The van der Waals surface area contributed by atoms with Crippen LogP contribution in [-0.4, -0.2) is 57.2 Å². The van der Waals surface area contributed by atoms with Gasteiger partial charge in [0.1, 0.15) is 17.7 Å². The summed E-state index contributed by atoms with van der Waals surface area (Å²) < 4.78 is 5.55. The molecule has 1 aliphatic rings. The molecule has 0 bridgehead atoms. The summed E-state index contributed by atoms with van der Waals surface area (Å²) in [4.78, 5) is 30.2. The van der Waals surface area contributed by atoms with Crippen molar-refractivity contribution < 1.29 is 9.53 Å². The predicted molar refractivity (Wildman–Crippen MR) is 169 cm³/mol. The Kier molecular flexibility index (Phi) is 11.3. The number of carbonyl (C=O) groups is 1. The summed E-state index contributed by atoms with van der Waals surface area (Å²) in [6, 6.07) is 12.1. The van der Waals surface area contributed by atoms with Crippen molar-refractivity contribution >= 4 is 29.1 Å². The van der Waals surface area contributed by atoms with Crippen molar-refractivity contribution in [1.82, 2.24) is 19.9 Å². The van der Waals surface area contributed by atoms with E-state index in [0.29, 0.717) is 19.6 Å². The fourth-order valence-electron chi connectivity index (χ4n) is 4.89. The smallest absolute Gasteiger partial charge is 0.410 e. The number of anilines is 1. The second-order valence-electron chi connectivity index (χ2n) is 11.3. The predicted octanol–water partition coefficient (Wildman–Crippen LogP) is 7.68. The Morgan fingerprint density at radius 1 is 1.10 bits per heavy atom. The highest BCUT2D eigenvalue weighted by Gasteiger charge is 2.32. The van der Waals surface area contributed by atoms with Gasteiger partial charge in [-0.2, -0.15) is 0 Å². The van der Waals surface area contributed by atoms with Gasteiger partial charge in [0.2, 0.25) is 0 Å². The van der Waals surface area contributed by atoms with Crippen LogP contribution in [0, 0.1) is 13.8 Å². The number of hydrogen-bond acceptors (Lipinski definition) is 6. The lowest BCUT2D eigenvalue weighted by Gasteiger charge is -2.41. The summed E-state index contributed by atoms with van der Waals surface area (Å²) >= 11 is 5.95. The molecule has 4 rings (SSSR count). The van der Waals surface area contributed by atoms with Crippen LogP contribution in [0.25, 0.3) is 5.57 Å². The summed E-state index contributed by atoms with van der Waals surface area (Å²) in [5.41, 5.74) is 5.88. The van der Waals surface area contributed by atoms with Gasteiger partial charge in [0, 0.05) is 48.0 Å². The topological polar surface area (TPSA) is 71.5 Å². The van der Waals surface area contributed by atoms with Crippen molar-refractivity contribution in [3.8, 4) is 0 Å². The molecular weight excluding hydrogens is 534 g/mol. The molecule has 1 saturated heterocycles. The molecule has 7 nitrogen and oxygen atoms in total. The summed E-state index contributed by atoms with van der Waals surface area (Å²) in [7, 11) is 0. The second kappa shape index (κ2) is 14.4. The van der Waals surface area contributed by atoms with Gasteiger partial charge in [-0.05, 0) is 84.2 Å². The van der Waals surface area contributed by atoms with Gasteiger partial charge in [0.25, 0.3) is 0 Å². The molecule has 8 heteroatoms. The highest BCUT2D eigenvalue weighted by Crippen LogP contribution is 2.33. The molecule has 0 spiro atoms. The van der Waals surface area contributed by atoms with E-state index in [0.717, 1.165) is 39.8 Å². The third-order valence-corrected chi connectivity index (χ3v) is 7.38. The van der Waals surface area contributed by atoms with Crippen molar-refractivity contribution in [2.24, 2.45) is 0 Å². The minimum absolute atomic E-state index is 0.0844. The Morgan fingerprint density at radius 3 is 2.46 bits per heavy atom. The number of nitrogens with zero attached hydrogens (tertiary/aromatic N) is 5. The largest absolute Gasteiger partial charge is 0.444 e. The number of hydrogen-bond donors (Lipinski definition) is 0. The first kappa shape index (κ1) is 32.1. The van der Waals surface area contributed by atoms with Gasteiger partial charge >= 0.3 is 6.09 Å².